The van der Waals surface area contributed by atoms with Crippen molar-refractivity contribution in [1.29, 1.82) is 0 Å². The standard InChI is InChI=1S/C16H20BrNO3/c1-3-21-16(20)14-6-4-5-9-18(14)15(19)12-7-8-13(17)11(2)10-12/h7-8,10,14H,3-6,9H2,1-2H3. The van der Waals surface area contributed by atoms with E-state index >= 15 is 0 Å². The number of carbonyl (C=O) groups excluding carboxylic acids is 2. The topological polar surface area (TPSA) is 46.6 Å². The van der Waals surface area contributed by atoms with Gasteiger partial charge >= 0.3 is 5.97 Å². The molecule has 2 rings (SSSR count). The predicted octanol–water partition coefficient (Wildman–Crippen LogP) is 3.32. The Morgan fingerprint density at radius 3 is 2.81 bits per heavy atom. The normalized spacial score (nSPS) is 18.4. The number of piperidine rings is 1. The Hall–Kier alpha value is -1.36. The van der Waals surface area contributed by atoms with E-state index in [0.29, 0.717) is 25.1 Å². The number of halogens is 1. The third-order valence-corrected chi connectivity index (χ3v) is 4.62. The second-order valence-corrected chi connectivity index (χ2v) is 6.08. The smallest absolute Gasteiger partial charge is 0.328 e. The van der Waals surface area contributed by atoms with Crippen LogP contribution < -0.4 is 0 Å². The molecular weight excluding hydrogens is 334 g/mol. The van der Waals surface area contributed by atoms with E-state index in [2.05, 4.69) is 15.9 Å². The zero-order valence-corrected chi connectivity index (χ0v) is 14.0. The fourth-order valence-corrected chi connectivity index (χ4v) is 2.85. The van der Waals surface area contributed by atoms with Gasteiger partial charge in [-0.2, -0.15) is 0 Å². The maximum Gasteiger partial charge on any atom is 0.328 e. The average Bonchev–Trinajstić information content (AvgIpc) is 2.49. The number of nitrogens with zero attached hydrogens (tertiary/aromatic N) is 1. The van der Waals surface area contributed by atoms with E-state index in [1.165, 1.54) is 0 Å². The van der Waals surface area contributed by atoms with E-state index in [1.807, 2.05) is 19.1 Å². The highest BCUT2D eigenvalue weighted by Gasteiger charge is 2.33. The molecule has 1 aromatic carbocycles. The molecule has 0 aliphatic carbocycles. The summed E-state index contributed by atoms with van der Waals surface area (Å²) in [7, 11) is 0. The zero-order valence-electron chi connectivity index (χ0n) is 12.4. The van der Waals surface area contributed by atoms with Crippen LogP contribution in [0.2, 0.25) is 0 Å². The molecule has 0 aromatic heterocycles. The number of benzene rings is 1. The van der Waals surface area contributed by atoms with Gasteiger partial charge in [0, 0.05) is 16.6 Å². The first-order valence-corrected chi connectivity index (χ1v) is 8.07. The van der Waals surface area contributed by atoms with Crippen molar-refractivity contribution in [3.05, 3.63) is 33.8 Å². The molecule has 1 unspecified atom stereocenters. The third kappa shape index (κ3) is 3.64. The first-order valence-electron chi connectivity index (χ1n) is 7.28. The van der Waals surface area contributed by atoms with Crippen molar-refractivity contribution in [2.24, 2.45) is 0 Å². The van der Waals surface area contributed by atoms with Crippen LogP contribution in [0.5, 0.6) is 0 Å². The molecule has 1 amide bonds. The zero-order chi connectivity index (χ0) is 15.4. The van der Waals surface area contributed by atoms with Crippen LogP contribution in [0.3, 0.4) is 0 Å². The molecule has 1 aliphatic rings. The maximum atomic E-state index is 12.7. The SMILES string of the molecule is CCOC(=O)C1CCCCN1C(=O)c1ccc(Br)c(C)c1. The molecule has 1 fully saturated rings. The minimum Gasteiger partial charge on any atom is -0.464 e. The van der Waals surface area contributed by atoms with Gasteiger partial charge in [-0.05, 0) is 56.9 Å². The second kappa shape index (κ2) is 7.07. The van der Waals surface area contributed by atoms with Crippen molar-refractivity contribution in [3.8, 4) is 0 Å². The number of esters is 1. The molecule has 0 spiro atoms. The number of amides is 1. The van der Waals surface area contributed by atoms with Crippen molar-refractivity contribution >= 4 is 27.8 Å². The maximum absolute atomic E-state index is 12.7. The fraction of sp³-hybridized carbons (Fsp3) is 0.500. The van der Waals surface area contributed by atoms with E-state index in [9.17, 15) is 9.59 Å². The highest BCUT2D eigenvalue weighted by Crippen LogP contribution is 2.23. The Kier molecular flexibility index (Phi) is 5.39. The lowest BCUT2D eigenvalue weighted by atomic mass is 10.0. The molecule has 0 bridgehead atoms. The Bertz CT molecular complexity index is 544. The van der Waals surface area contributed by atoms with Gasteiger partial charge in [0.1, 0.15) is 6.04 Å². The summed E-state index contributed by atoms with van der Waals surface area (Å²) in [5.41, 5.74) is 1.62. The molecule has 1 aliphatic heterocycles. The quantitative estimate of drug-likeness (QED) is 0.783. The first-order chi connectivity index (χ1) is 10.0. The third-order valence-electron chi connectivity index (χ3n) is 3.73. The largest absolute Gasteiger partial charge is 0.464 e. The van der Waals surface area contributed by atoms with Crippen LogP contribution in [0.15, 0.2) is 22.7 Å². The lowest BCUT2D eigenvalue weighted by Crippen LogP contribution is -2.48. The number of hydrogen-bond acceptors (Lipinski definition) is 3. The minimum absolute atomic E-state index is 0.0941. The van der Waals surface area contributed by atoms with Crippen molar-refractivity contribution in [3.63, 3.8) is 0 Å². The molecule has 4 nitrogen and oxygen atoms in total. The van der Waals surface area contributed by atoms with Crippen LogP contribution >= 0.6 is 15.9 Å². The summed E-state index contributed by atoms with van der Waals surface area (Å²) in [4.78, 5) is 26.4. The number of hydrogen-bond donors (Lipinski definition) is 0. The Labute approximate surface area is 133 Å². The summed E-state index contributed by atoms with van der Waals surface area (Å²) in [6, 6.07) is 5.06. The lowest BCUT2D eigenvalue weighted by molar-refractivity contribution is -0.149. The molecule has 5 heteroatoms. The highest BCUT2D eigenvalue weighted by molar-refractivity contribution is 9.10. The van der Waals surface area contributed by atoms with Gasteiger partial charge in [0.05, 0.1) is 6.61 Å². The monoisotopic (exact) mass is 353 g/mol. The van der Waals surface area contributed by atoms with E-state index in [1.54, 1.807) is 17.9 Å². The van der Waals surface area contributed by atoms with E-state index in [0.717, 1.165) is 22.9 Å². The summed E-state index contributed by atoms with van der Waals surface area (Å²) in [5.74, 6) is -0.386. The molecule has 1 heterocycles. The van der Waals surface area contributed by atoms with Crippen molar-refractivity contribution in [1.82, 2.24) is 4.90 Å². The predicted molar refractivity (Wildman–Crippen MR) is 84.2 cm³/mol. The van der Waals surface area contributed by atoms with Gasteiger partial charge in [-0.25, -0.2) is 4.79 Å². The van der Waals surface area contributed by atoms with Crippen LogP contribution in [0.25, 0.3) is 0 Å². The highest BCUT2D eigenvalue weighted by atomic mass is 79.9. The molecule has 0 radical (unpaired) electrons. The number of rotatable bonds is 3. The van der Waals surface area contributed by atoms with Crippen LogP contribution in [0.1, 0.15) is 42.1 Å². The lowest BCUT2D eigenvalue weighted by Gasteiger charge is -2.34. The molecule has 114 valence electrons. The molecule has 1 atom stereocenters. The Morgan fingerprint density at radius 2 is 2.14 bits per heavy atom. The number of ether oxygens (including phenoxy) is 1. The van der Waals surface area contributed by atoms with Crippen LogP contribution in [-0.4, -0.2) is 36.0 Å². The summed E-state index contributed by atoms with van der Waals surface area (Å²) in [6.45, 7) is 4.68. The summed E-state index contributed by atoms with van der Waals surface area (Å²) < 4.78 is 6.07. The summed E-state index contributed by atoms with van der Waals surface area (Å²) in [6.07, 6.45) is 2.56. The first kappa shape index (κ1) is 16.0. The molecule has 0 saturated carbocycles. The van der Waals surface area contributed by atoms with Gasteiger partial charge in [0.25, 0.3) is 5.91 Å². The number of aryl methyl sites for hydroxylation is 1. The Morgan fingerprint density at radius 1 is 1.38 bits per heavy atom. The van der Waals surface area contributed by atoms with Gasteiger partial charge in [-0.1, -0.05) is 15.9 Å². The van der Waals surface area contributed by atoms with Crippen LogP contribution in [-0.2, 0) is 9.53 Å². The van der Waals surface area contributed by atoms with Crippen LogP contribution in [0.4, 0.5) is 0 Å². The molecular formula is C16H20BrNO3. The van der Waals surface area contributed by atoms with Crippen molar-refractivity contribution in [2.45, 2.75) is 39.2 Å². The second-order valence-electron chi connectivity index (χ2n) is 5.23. The fourth-order valence-electron chi connectivity index (χ4n) is 2.60. The number of likely N-dealkylation sites (tertiary alicyclic amines) is 1. The molecule has 0 N–H and O–H groups in total. The van der Waals surface area contributed by atoms with E-state index < -0.39 is 6.04 Å². The van der Waals surface area contributed by atoms with Gasteiger partial charge in [0.2, 0.25) is 0 Å². The van der Waals surface area contributed by atoms with Gasteiger partial charge in [0.15, 0.2) is 0 Å². The van der Waals surface area contributed by atoms with Gasteiger partial charge in [-0.3, -0.25) is 4.79 Å². The van der Waals surface area contributed by atoms with Crippen LogP contribution in [0, 0.1) is 6.92 Å². The van der Waals surface area contributed by atoms with Gasteiger partial charge in [-0.15, -0.1) is 0 Å². The molecule has 1 saturated heterocycles. The molecule has 21 heavy (non-hydrogen) atoms. The minimum atomic E-state index is -0.449. The summed E-state index contributed by atoms with van der Waals surface area (Å²) in [5, 5.41) is 0. The van der Waals surface area contributed by atoms with Crippen molar-refractivity contribution < 1.29 is 14.3 Å². The number of carbonyl (C=O) groups is 2. The average molecular weight is 354 g/mol. The molecule has 1 aromatic rings. The van der Waals surface area contributed by atoms with E-state index in [4.69, 9.17) is 4.74 Å². The van der Waals surface area contributed by atoms with Crippen molar-refractivity contribution in [2.75, 3.05) is 13.2 Å². The summed E-state index contributed by atoms with van der Waals surface area (Å²) >= 11 is 3.43. The van der Waals surface area contributed by atoms with E-state index in [-0.39, 0.29) is 11.9 Å². The van der Waals surface area contributed by atoms with Gasteiger partial charge < -0.3 is 9.64 Å². The Balaban J connectivity index is 2.21.